The predicted octanol–water partition coefficient (Wildman–Crippen LogP) is 2.38. The molecule has 1 aromatic rings. The van der Waals surface area contributed by atoms with Gasteiger partial charge in [-0.3, -0.25) is 0 Å². The van der Waals surface area contributed by atoms with Gasteiger partial charge in [-0.15, -0.1) is 0 Å². The molecule has 0 aliphatic carbocycles. The van der Waals surface area contributed by atoms with Crippen LogP contribution in [0.15, 0.2) is 6.07 Å². The van der Waals surface area contributed by atoms with Crippen molar-refractivity contribution in [1.29, 1.82) is 0 Å². The number of aryl methyl sites for hydroxylation is 1. The SMILES string of the molecule is CNc1cc(NCC(C)(C)SC)nc(C)n1. The zero-order valence-electron chi connectivity index (χ0n) is 10.6. The van der Waals surface area contributed by atoms with Crippen LogP contribution in [0.25, 0.3) is 0 Å². The molecule has 0 saturated carbocycles. The molecule has 0 amide bonds. The highest BCUT2D eigenvalue weighted by molar-refractivity contribution is 7.99. The van der Waals surface area contributed by atoms with Crippen LogP contribution in [-0.2, 0) is 0 Å². The summed E-state index contributed by atoms with van der Waals surface area (Å²) in [4.78, 5) is 8.60. The van der Waals surface area contributed by atoms with E-state index in [1.165, 1.54) is 0 Å². The van der Waals surface area contributed by atoms with Gasteiger partial charge in [-0.2, -0.15) is 11.8 Å². The Labute approximate surface area is 102 Å². The van der Waals surface area contributed by atoms with Crippen molar-refractivity contribution in [3.8, 4) is 0 Å². The van der Waals surface area contributed by atoms with E-state index in [9.17, 15) is 0 Å². The van der Waals surface area contributed by atoms with Crippen LogP contribution in [0.2, 0.25) is 0 Å². The summed E-state index contributed by atoms with van der Waals surface area (Å²) in [5.41, 5.74) is 0. The first-order valence-electron chi connectivity index (χ1n) is 5.29. The first-order valence-corrected chi connectivity index (χ1v) is 6.52. The van der Waals surface area contributed by atoms with Crippen LogP contribution in [0, 0.1) is 6.92 Å². The number of thioether (sulfide) groups is 1. The fourth-order valence-corrected chi connectivity index (χ4v) is 1.38. The average Bonchev–Trinajstić information content (AvgIpc) is 2.26. The predicted molar refractivity (Wildman–Crippen MR) is 72.4 cm³/mol. The number of anilines is 2. The summed E-state index contributed by atoms with van der Waals surface area (Å²) in [5.74, 6) is 2.49. The van der Waals surface area contributed by atoms with Crippen LogP contribution in [0.3, 0.4) is 0 Å². The zero-order chi connectivity index (χ0) is 12.2. The van der Waals surface area contributed by atoms with E-state index >= 15 is 0 Å². The molecule has 1 rings (SSSR count). The molecule has 0 saturated heterocycles. The van der Waals surface area contributed by atoms with Crippen LogP contribution in [0.4, 0.5) is 11.6 Å². The van der Waals surface area contributed by atoms with Crippen LogP contribution in [0.1, 0.15) is 19.7 Å². The first kappa shape index (κ1) is 13.1. The van der Waals surface area contributed by atoms with Gasteiger partial charge in [0, 0.05) is 24.4 Å². The number of hydrogen-bond acceptors (Lipinski definition) is 5. The molecule has 5 heteroatoms. The third-order valence-electron chi connectivity index (χ3n) is 2.34. The fourth-order valence-electron chi connectivity index (χ4n) is 1.16. The van der Waals surface area contributed by atoms with Gasteiger partial charge in [0.25, 0.3) is 0 Å². The summed E-state index contributed by atoms with van der Waals surface area (Å²) in [6, 6.07) is 1.92. The second kappa shape index (κ2) is 5.39. The van der Waals surface area contributed by atoms with Crippen molar-refractivity contribution in [3.05, 3.63) is 11.9 Å². The van der Waals surface area contributed by atoms with E-state index in [-0.39, 0.29) is 4.75 Å². The van der Waals surface area contributed by atoms with Crippen LogP contribution >= 0.6 is 11.8 Å². The molecular weight excluding hydrogens is 220 g/mol. The standard InChI is InChI=1S/C11H20N4S/c1-8-14-9(12-4)6-10(15-8)13-7-11(2,3)16-5/h6H,7H2,1-5H3,(H2,12,13,14,15). The smallest absolute Gasteiger partial charge is 0.131 e. The molecule has 0 fully saturated rings. The number of rotatable bonds is 5. The summed E-state index contributed by atoms with van der Waals surface area (Å²) < 4.78 is 0.207. The van der Waals surface area contributed by atoms with Crippen molar-refractivity contribution in [2.24, 2.45) is 0 Å². The van der Waals surface area contributed by atoms with Gasteiger partial charge >= 0.3 is 0 Å². The van der Waals surface area contributed by atoms with E-state index in [0.29, 0.717) is 0 Å². The van der Waals surface area contributed by atoms with E-state index in [2.05, 4.69) is 40.7 Å². The number of nitrogens with zero attached hydrogens (tertiary/aromatic N) is 2. The minimum Gasteiger partial charge on any atom is -0.373 e. The Balaban J connectivity index is 2.70. The summed E-state index contributed by atoms with van der Waals surface area (Å²) >= 11 is 1.84. The Morgan fingerprint density at radius 2 is 1.94 bits per heavy atom. The van der Waals surface area contributed by atoms with Gasteiger partial charge in [-0.25, -0.2) is 9.97 Å². The summed E-state index contributed by atoms with van der Waals surface area (Å²) in [6.45, 7) is 7.19. The summed E-state index contributed by atoms with van der Waals surface area (Å²) in [7, 11) is 1.86. The van der Waals surface area contributed by atoms with Crippen molar-refractivity contribution in [1.82, 2.24) is 9.97 Å². The molecule has 1 heterocycles. The molecule has 0 aliphatic heterocycles. The lowest BCUT2D eigenvalue weighted by atomic mass is 10.2. The third kappa shape index (κ3) is 3.89. The largest absolute Gasteiger partial charge is 0.373 e. The van der Waals surface area contributed by atoms with Crippen molar-refractivity contribution >= 4 is 23.4 Å². The lowest BCUT2D eigenvalue weighted by Gasteiger charge is -2.22. The molecule has 0 radical (unpaired) electrons. The van der Waals surface area contributed by atoms with Gasteiger partial charge in [-0.05, 0) is 27.0 Å². The van der Waals surface area contributed by atoms with Crippen molar-refractivity contribution in [2.45, 2.75) is 25.5 Å². The third-order valence-corrected chi connectivity index (χ3v) is 3.59. The first-order chi connectivity index (χ1) is 7.46. The van der Waals surface area contributed by atoms with Crippen LogP contribution in [0.5, 0.6) is 0 Å². The van der Waals surface area contributed by atoms with Crippen LogP contribution in [-0.4, -0.2) is 34.6 Å². The Bertz CT molecular complexity index is 352. The Morgan fingerprint density at radius 1 is 1.31 bits per heavy atom. The molecule has 90 valence electrons. The molecule has 0 atom stereocenters. The summed E-state index contributed by atoms with van der Waals surface area (Å²) in [6.07, 6.45) is 2.12. The second-order valence-electron chi connectivity index (χ2n) is 4.25. The molecule has 0 bridgehead atoms. The highest BCUT2D eigenvalue weighted by atomic mass is 32.2. The quantitative estimate of drug-likeness (QED) is 0.827. The lowest BCUT2D eigenvalue weighted by Crippen LogP contribution is -2.26. The Kier molecular flexibility index (Phi) is 4.41. The number of aromatic nitrogens is 2. The van der Waals surface area contributed by atoms with Crippen LogP contribution < -0.4 is 10.6 Å². The normalized spacial score (nSPS) is 11.3. The maximum absolute atomic E-state index is 4.35. The van der Waals surface area contributed by atoms with E-state index < -0.39 is 0 Å². The van der Waals surface area contributed by atoms with Crippen molar-refractivity contribution < 1.29 is 0 Å². The molecule has 2 N–H and O–H groups in total. The van der Waals surface area contributed by atoms with Gasteiger partial charge in [0.15, 0.2) is 0 Å². The maximum Gasteiger partial charge on any atom is 0.131 e. The van der Waals surface area contributed by atoms with E-state index in [1.54, 1.807) is 0 Å². The highest BCUT2D eigenvalue weighted by Gasteiger charge is 2.15. The van der Waals surface area contributed by atoms with Gasteiger partial charge in [0.05, 0.1) is 0 Å². The molecule has 0 aliphatic rings. The highest BCUT2D eigenvalue weighted by Crippen LogP contribution is 2.21. The van der Waals surface area contributed by atoms with E-state index in [0.717, 1.165) is 24.0 Å². The molecule has 0 aromatic carbocycles. The Morgan fingerprint density at radius 3 is 2.50 bits per heavy atom. The molecule has 0 unspecified atom stereocenters. The lowest BCUT2D eigenvalue weighted by molar-refractivity contribution is 0.749. The molecule has 0 spiro atoms. The fraction of sp³-hybridized carbons (Fsp3) is 0.636. The molecule has 4 nitrogen and oxygen atoms in total. The molecule has 16 heavy (non-hydrogen) atoms. The molecule has 1 aromatic heterocycles. The van der Waals surface area contributed by atoms with Crippen molar-refractivity contribution in [3.63, 3.8) is 0 Å². The average molecular weight is 240 g/mol. The minimum absolute atomic E-state index is 0.207. The Hall–Kier alpha value is -0.970. The summed E-state index contributed by atoms with van der Waals surface area (Å²) in [5, 5.41) is 6.36. The minimum atomic E-state index is 0.207. The van der Waals surface area contributed by atoms with Gasteiger partial charge < -0.3 is 10.6 Å². The number of nitrogens with one attached hydrogen (secondary N) is 2. The topological polar surface area (TPSA) is 49.8 Å². The zero-order valence-corrected chi connectivity index (χ0v) is 11.4. The second-order valence-corrected chi connectivity index (χ2v) is 5.77. The van der Waals surface area contributed by atoms with Crippen molar-refractivity contribution in [2.75, 3.05) is 30.5 Å². The molecular formula is C11H20N4S. The van der Waals surface area contributed by atoms with Gasteiger partial charge in [0.2, 0.25) is 0 Å². The number of hydrogen-bond donors (Lipinski definition) is 2. The van der Waals surface area contributed by atoms with Gasteiger partial charge in [-0.1, -0.05) is 0 Å². The van der Waals surface area contributed by atoms with Gasteiger partial charge in [0.1, 0.15) is 17.5 Å². The maximum atomic E-state index is 4.35. The van der Waals surface area contributed by atoms with E-state index in [4.69, 9.17) is 0 Å². The monoisotopic (exact) mass is 240 g/mol. The van der Waals surface area contributed by atoms with E-state index in [1.807, 2.05) is 31.8 Å².